The Bertz CT molecular complexity index is 812. The molecular weight excluding hydrogens is 313 g/mol. The molecule has 1 aromatic heterocycles. The van der Waals surface area contributed by atoms with Gasteiger partial charge in [0.15, 0.2) is 0 Å². The van der Waals surface area contributed by atoms with Crippen LogP contribution in [0.5, 0.6) is 0 Å². The second-order valence-electron chi connectivity index (χ2n) is 5.31. The lowest BCUT2D eigenvalue weighted by Gasteiger charge is -2.15. The topological polar surface area (TPSA) is 72.2 Å². The van der Waals surface area contributed by atoms with Crippen molar-refractivity contribution in [3.63, 3.8) is 0 Å². The van der Waals surface area contributed by atoms with Crippen molar-refractivity contribution in [1.29, 1.82) is 0 Å². The Morgan fingerprint density at radius 3 is 2.52 bits per heavy atom. The quantitative estimate of drug-likeness (QED) is 0.936. The number of alkyl halides is 3. The third-order valence-corrected chi connectivity index (χ3v) is 3.68. The number of carbonyl (C=O) groups is 1. The number of aliphatic carboxylic acids is 1. The Balaban J connectivity index is 2.82. The van der Waals surface area contributed by atoms with E-state index in [4.69, 9.17) is 5.11 Å². The van der Waals surface area contributed by atoms with E-state index < -0.39 is 29.8 Å². The van der Waals surface area contributed by atoms with E-state index >= 15 is 0 Å². The van der Waals surface area contributed by atoms with Crippen molar-refractivity contribution in [3.8, 4) is 0 Å². The monoisotopic (exact) mass is 328 g/mol. The highest BCUT2D eigenvalue weighted by atomic mass is 19.4. The van der Waals surface area contributed by atoms with Gasteiger partial charge in [-0.05, 0) is 24.6 Å². The minimum atomic E-state index is -4.53. The van der Waals surface area contributed by atoms with E-state index in [1.807, 2.05) is 6.92 Å². The van der Waals surface area contributed by atoms with Crippen LogP contribution in [0.3, 0.4) is 0 Å². The molecule has 2 aromatic rings. The van der Waals surface area contributed by atoms with Crippen molar-refractivity contribution in [2.24, 2.45) is 0 Å². The fourth-order valence-electron chi connectivity index (χ4n) is 2.28. The number of carboxylic acids is 1. The Morgan fingerprint density at radius 2 is 2.00 bits per heavy atom. The molecular formula is C15H15F3N2O3. The van der Waals surface area contributed by atoms with E-state index in [2.05, 4.69) is 5.10 Å². The largest absolute Gasteiger partial charge is 0.480 e. The van der Waals surface area contributed by atoms with Crippen LogP contribution in [0.2, 0.25) is 0 Å². The van der Waals surface area contributed by atoms with Crippen molar-refractivity contribution in [2.75, 3.05) is 0 Å². The van der Waals surface area contributed by atoms with Crippen molar-refractivity contribution in [3.05, 3.63) is 39.8 Å². The van der Waals surface area contributed by atoms with Gasteiger partial charge in [0.1, 0.15) is 6.54 Å². The molecule has 0 bridgehead atoms. The molecule has 0 amide bonds. The molecule has 0 aliphatic heterocycles. The Labute approximate surface area is 129 Å². The first kappa shape index (κ1) is 17.0. The fraction of sp³-hybridized carbons (Fsp3) is 0.400. The molecule has 0 spiro atoms. The minimum absolute atomic E-state index is 0.0320. The summed E-state index contributed by atoms with van der Waals surface area (Å²) in [5.41, 5.74) is -1.30. The summed E-state index contributed by atoms with van der Waals surface area (Å²) < 4.78 is 39.5. The number of nitrogens with zero attached hydrogens (tertiary/aromatic N) is 2. The third-order valence-electron chi connectivity index (χ3n) is 3.68. The average molecular weight is 328 g/mol. The highest BCUT2D eigenvalue weighted by Gasteiger charge is 2.31. The molecule has 1 heterocycles. The molecule has 0 radical (unpaired) electrons. The van der Waals surface area contributed by atoms with Crippen LogP contribution in [-0.2, 0) is 17.5 Å². The molecule has 0 fully saturated rings. The van der Waals surface area contributed by atoms with E-state index in [1.54, 1.807) is 6.92 Å². The first-order chi connectivity index (χ1) is 10.6. The number of benzene rings is 1. The summed E-state index contributed by atoms with van der Waals surface area (Å²) in [7, 11) is 0. The van der Waals surface area contributed by atoms with Gasteiger partial charge in [0.2, 0.25) is 0 Å². The molecule has 1 unspecified atom stereocenters. The maximum atomic E-state index is 12.9. The van der Waals surface area contributed by atoms with Gasteiger partial charge < -0.3 is 5.11 Å². The highest BCUT2D eigenvalue weighted by molar-refractivity contribution is 5.85. The maximum Gasteiger partial charge on any atom is 0.416 e. The van der Waals surface area contributed by atoms with Gasteiger partial charge in [0.25, 0.3) is 5.56 Å². The lowest BCUT2D eigenvalue weighted by atomic mass is 9.98. The van der Waals surface area contributed by atoms with Crippen LogP contribution in [0.15, 0.2) is 23.0 Å². The van der Waals surface area contributed by atoms with Gasteiger partial charge in [0.05, 0.1) is 16.6 Å². The number of rotatable bonds is 4. The van der Waals surface area contributed by atoms with Crippen LogP contribution < -0.4 is 5.56 Å². The minimum Gasteiger partial charge on any atom is -0.480 e. The third kappa shape index (κ3) is 3.35. The van der Waals surface area contributed by atoms with Crippen LogP contribution in [0.25, 0.3) is 10.8 Å². The van der Waals surface area contributed by atoms with Crippen molar-refractivity contribution < 1.29 is 23.1 Å². The number of halogens is 3. The Kier molecular flexibility index (Phi) is 4.44. The molecule has 0 aliphatic rings. The SMILES string of the molecule is CCC(C)c1nn(CC(=O)O)c(=O)c2ccc(C(F)(F)F)cc12. The van der Waals surface area contributed by atoms with Crippen LogP contribution in [0.1, 0.15) is 37.4 Å². The number of carboxylic acid groups (broad SMARTS) is 1. The first-order valence-electron chi connectivity index (χ1n) is 6.99. The first-order valence-corrected chi connectivity index (χ1v) is 6.99. The second kappa shape index (κ2) is 6.02. The Hall–Kier alpha value is -2.38. The molecule has 1 aromatic carbocycles. The van der Waals surface area contributed by atoms with E-state index in [9.17, 15) is 22.8 Å². The second-order valence-corrected chi connectivity index (χ2v) is 5.31. The van der Waals surface area contributed by atoms with Crippen molar-refractivity contribution >= 4 is 16.7 Å². The zero-order valence-corrected chi connectivity index (χ0v) is 12.5. The summed E-state index contributed by atoms with van der Waals surface area (Å²) in [6.07, 6.45) is -3.94. The predicted molar refractivity (Wildman–Crippen MR) is 77.3 cm³/mol. The van der Waals surface area contributed by atoms with Gasteiger partial charge in [-0.25, -0.2) is 4.68 Å². The van der Waals surface area contributed by atoms with Crippen LogP contribution in [0.4, 0.5) is 13.2 Å². The highest BCUT2D eigenvalue weighted by Crippen LogP contribution is 2.33. The summed E-state index contributed by atoms with van der Waals surface area (Å²) in [6.45, 7) is 2.95. The number of hydrogen-bond donors (Lipinski definition) is 1. The van der Waals surface area contributed by atoms with Gasteiger partial charge in [-0.3, -0.25) is 9.59 Å². The van der Waals surface area contributed by atoms with Crippen LogP contribution >= 0.6 is 0 Å². The van der Waals surface area contributed by atoms with Gasteiger partial charge >= 0.3 is 12.1 Å². The summed E-state index contributed by atoms with van der Waals surface area (Å²) in [5, 5.41) is 13.0. The standard InChI is InChI=1S/C15H15F3N2O3/c1-3-8(2)13-11-6-9(15(16,17)18)4-5-10(11)14(23)20(19-13)7-12(21)22/h4-6,8H,3,7H2,1-2H3,(H,21,22). The molecule has 2 rings (SSSR count). The zero-order chi connectivity index (χ0) is 17.4. The van der Waals surface area contributed by atoms with Gasteiger partial charge in [0, 0.05) is 11.3 Å². The van der Waals surface area contributed by atoms with E-state index in [1.165, 1.54) is 0 Å². The number of aromatic nitrogens is 2. The van der Waals surface area contributed by atoms with E-state index in [0.29, 0.717) is 6.42 Å². The normalized spacial score (nSPS) is 13.3. The molecule has 0 saturated carbocycles. The fourth-order valence-corrected chi connectivity index (χ4v) is 2.28. The summed E-state index contributed by atoms with van der Waals surface area (Å²) >= 11 is 0. The molecule has 0 aliphatic carbocycles. The lowest BCUT2D eigenvalue weighted by Crippen LogP contribution is -2.28. The van der Waals surface area contributed by atoms with Gasteiger partial charge in [-0.15, -0.1) is 0 Å². The number of fused-ring (bicyclic) bond motifs is 1. The van der Waals surface area contributed by atoms with E-state index in [0.717, 1.165) is 22.9 Å². The zero-order valence-electron chi connectivity index (χ0n) is 12.5. The molecule has 1 N–H and O–H groups in total. The molecule has 8 heteroatoms. The van der Waals surface area contributed by atoms with Crippen LogP contribution in [-0.4, -0.2) is 20.9 Å². The molecule has 5 nitrogen and oxygen atoms in total. The molecule has 23 heavy (non-hydrogen) atoms. The predicted octanol–water partition coefficient (Wildman–Crippen LogP) is 3.01. The molecule has 0 saturated heterocycles. The Morgan fingerprint density at radius 1 is 1.35 bits per heavy atom. The summed E-state index contributed by atoms with van der Waals surface area (Å²) in [6, 6.07) is 2.79. The summed E-state index contributed by atoms with van der Waals surface area (Å²) in [4.78, 5) is 23.1. The molecule has 1 atom stereocenters. The average Bonchev–Trinajstić information content (AvgIpc) is 2.47. The number of hydrogen-bond acceptors (Lipinski definition) is 3. The van der Waals surface area contributed by atoms with Crippen molar-refractivity contribution in [2.45, 2.75) is 38.9 Å². The smallest absolute Gasteiger partial charge is 0.416 e. The maximum absolute atomic E-state index is 12.9. The van der Waals surface area contributed by atoms with Crippen LogP contribution in [0, 0.1) is 0 Å². The van der Waals surface area contributed by atoms with Gasteiger partial charge in [-0.1, -0.05) is 13.8 Å². The van der Waals surface area contributed by atoms with E-state index in [-0.39, 0.29) is 22.4 Å². The van der Waals surface area contributed by atoms with Crippen molar-refractivity contribution in [1.82, 2.24) is 9.78 Å². The lowest BCUT2D eigenvalue weighted by molar-refractivity contribution is -0.138. The summed E-state index contributed by atoms with van der Waals surface area (Å²) in [5.74, 6) is -1.47. The molecule has 124 valence electrons. The van der Waals surface area contributed by atoms with Gasteiger partial charge in [-0.2, -0.15) is 18.3 Å².